The standard InChI is InChI=1S/C18H20N4O2/c1-12(23)20-17-9-16-13(10-19-17)5-7-22(16)18-4-2-3-15(21-18)14-6-8-24-11-14/h2-4,9-10,14H,5-8,11H2,1H3,(H,19,20,23). The van der Waals surface area contributed by atoms with E-state index in [1.165, 1.54) is 12.5 Å². The van der Waals surface area contributed by atoms with Crippen molar-refractivity contribution in [2.75, 3.05) is 30.0 Å². The molecule has 0 aromatic carbocycles. The van der Waals surface area contributed by atoms with Crippen molar-refractivity contribution in [2.45, 2.75) is 25.7 Å². The molecule has 24 heavy (non-hydrogen) atoms. The lowest BCUT2D eigenvalue weighted by Crippen LogP contribution is -2.16. The summed E-state index contributed by atoms with van der Waals surface area (Å²) in [5.41, 5.74) is 3.34. The van der Waals surface area contributed by atoms with Gasteiger partial charge in [0.05, 0.1) is 12.3 Å². The van der Waals surface area contributed by atoms with Crippen LogP contribution in [0, 0.1) is 0 Å². The monoisotopic (exact) mass is 324 g/mol. The molecule has 0 bridgehead atoms. The van der Waals surface area contributed by atoms with E-state index in [1.807, 2.05) is 18.3 Å². The Morgan fingerprint density at radius 1 is 1.42 bits per heavy atom. The van der Waals surface area contributed by atoms with E-state index in [4.69, 9.17) is 9.72 Å². The summed E-state index contributed by atoms with van der Waals surface area (Å²) in [5, 5.41) is 2.75. The predicted molar refractivity (Wildman–Crippen MR) is 91.7 cm³/mol. The van der Waals surface area contributed by atoms with Gasteiger partial charge in [-0.2, -0.15) is 0 Å². The highest BCUT2D eigenvalue weighted by Crippen LogP contribution is 2.35. The molecular weight excluding hydrogens is 304 g/mol. The second-order valence-electron chi connectivity index (χ2n) is 6.26. The Morgan fingerprint density at radius 2 is 2.33 bits per heavy atom. The number of fused-ring (bicyclic) bond motifs is 1. The molecule has 0 radical (unpaired) electrons. The molecule has 0 saturated carbocycles. The summed E-state index contributed by atoms with van der Waals surface area (Å²) in [6, 6.07) is 8.10. The van der Waals surface area contributed by atoms with Crippen LogP contribution in [0.15, 0.2) is 30.5 Å². The summed E-state index contributed by atoms with van der Waals surface area (Å²) < 4.78 is 5.48. The zero-order chi connectivity index (χ0) is 16.5. The fraction of sp³-hybridized carbons (Fsp3) is 0.389. The van der Waals surface area contributed by atoms with Gasteiger partial charge < -0.3 is 15.0 Å². The van der Waals surface area contributed by atoms with Crippen LogP contribution in [-0.4, -0.2) is 35.6 Å². The van der Waals surface area contributed by atoms with Gasteiger partial charge in [-0.1, -0.05) is 6.07 Å². The van der Waals surface area contributed by atoms with Crippen LogP contribution >= 0.6 is 0 Å². The third kappa shape index (κ3) is 2.85. The van der Waals surface area contributed by atoms with Gasteiger partial charge in [-0.15, -0.1) is 0 Å². The normalized spacial score (nSPS) is 19.4. The first-order valence-electron chi connectivity index (χ1n) is 8.29. The lowest BCUT2D eigenvalue weighted by atomic mass is 10.0. The topological polar surface area (TPSA) is 67.4 Å². The van der Waals surface area contributed by atoms with Crippen LogP contribution in [0.5, 0.6) is 0 Å². The molecule has 2 aromatic heterocycles. The van der Waals surface area contributed by atoms with Gasteiger partial charge in [-0.05, 0) is 30.5 Å². The summed E-state index contributed by atoms with van der Waals surface area (Å²) in [5.74, 6) is 1.79. The number of carbonyl (C=O) groups is 1. The van der Waals surface area contributed by atoms with Crippen LogP contribution in [-0.2, 0) is 16.0 Å². The highest BCUT2D eigenvalue weighted by Gasteiger charge is 2.24. The number of ether oxygens (including phenoxy) is 1. The van der Waals surface area contributed by atoms with Crippen molar-refractivity contribution in [3.8, 4) is 0 Å². The Bertz CT molecular complexity index is 771. The predicted octanol–water partition coefficient (Wildman–Crippen LogP) is 2.63. The molecule has 124 valence electrons. The number of pyridine rings is 2. The van der Waals surface area contributed by atoms with Crippen LogP contribution in [0.2, 0.25) is 0 Å². The fourth-order valence-electron chi connectivity index (χ4n) is 3.34. The van der Waals surface area contributed by atoms with Gasteiger partial charge in [0.2, 0.25) is 5.91 Å². The Hall–Kier alpha value is -2.47. The summed E-state index contributed by atoms with van der Waals surface area (Å²) in [6.07, 6.45) is 3.81. The first-order chi connectivity index (χ1) is 11.7. The van der Waals surface area contributed by atoms with Crippen molar-refractivity contribution in [1.29, 1.82) is 0 Å². The van der Waals surface area contributed by atoms with E-state index in [-0.39, 0.29) is 5.91 Å². The molecule has 2 aliphatic heterocycles. The van der Waals surface area contributed by atoms with Gasteiger partial charge in [-0.3, -0.25) is 4.79 Å². The summed E-state index contributed by atoms with van der Waals surface area (Å²) in [4.78, 5) is 22.6. The Kier molecular flexibility index (Phi) is 3.90. The van der Waals surface area contributed by atoms with Crippen LogP contribution in [0.4, 0.5) is 17.3 Å². The van der Waals surface area contributed by atoms with Crippen LogP contribution in [0.25, 0.3) is 0 Å². The Morgan fingerprint density at radius 3 is 3.12 bits per heavy atom. The number of anilines is 3. The smallest absolute Gasteiger partial charge is 0.222 e. The third-order valence-electron chi connectivity index (χ3n) is 4.54. The summed E-state index contributed by atoms with van der Waals surface area (Å²) >= 11 is 0. The maximum Gasteiger partial charge on any atom is 0.222 e. The molecule has 1 saturated heterocycles. The van der Waals surface area contributed by atoms with Gasteiger partial charge in [0, 0.05) is 44.0 Å². The SMILES string of the molecule is CC(=O)Nc1cc2c(cn1)CCN2c1cccc(C2CCOC2)n1. The summed E-state index contributed by atoms with van der Waals surface area (Å²) in [6.45, 7) is 3.93. The molecule has 1 N–H and O–H groups in total. The molecule has 1 amide bonds. The quantitative estimate of drug-likeness (QED) is 0.940. The van der Waals surface area contributed by atoms with E-state index in [2.05, 4.69) is 27.3 Å². The average Bonchev–Trinajstić information content (AvgIpc) is 3.24. The number of aromatic nitrogens is 2. The van der Waals surface area contributed by atoms with Crippen LogP contribution in [0.3, 0.4) is 0 Å². The number of hydrogen-bond donors (Lipinski definition) is 1. The molecular formula is C18H20N4O2. The van der Waals surface area contributed by atoms with E-state index in [0.717, 1.165) is 49.8 Å². The lowest BCUT2D eigenvalue weighted by molar-refractivity contribution is -0.114. The number of amides is 1. The van der Waals surface area contributed by atoms with Gasteiger partial charge in [0.25, 0.3) is 0 Å². The van der Waals surface area contributed by atoms with Crippen molar-refractivity contribution in [3.05, 3.63) is 41.7 Å². The van der Waals surface area contributed by atoms with Gasteiger partial charge in [0.1, 0.15) is 11.6 Å². The number of carbonyl (C=O) groups excluding carboxylic acids is 1. The number of rotatable bonds is 3. The maximum atomic E-state index is 11.3. The molecule has 1 atom stereocenters. The zero-order valence-corrected chi connectivity index (χ0v) is 13.7. The minimum absolute atomic E-state index is 0.117. The van der Waals surface area contributed by atoms with Crippen molar-refractivity contribution in [3.63, 3.8) is 0 Å². The molecule has 1 fully saturated rings. The van der Waals surface area contributed by atoms with Crippen molar-refractivity contribution in [2.24, 2.45) is 0 Å². The molecule has 1 unspecified atom stereocenters. The second-order valence-corrected chi connectivity index (χ2v) is 6.26. The van der Waals surface area contributed by atoms with E-state index in [9.17, 15) is 4.79 Å². The van der Waals surface area contributed by atoms with Gasteiger partial charge in [0.15, 0.2) is 0 Å². The van der Waals surface area contributed by atoms with Crippen molar-refractivity contribution < 1.29 is 9.53 Å². The average molecular weight is 324 g/mol. The second kappa shape index (κ2) is 6.20. The van der Waals surface area contributed by atoms with E-state index in [1.54, 1.807) is 0 Å². The first-order valence-corrected chi connectivity index (χ1v) is 8.29. The van der Waals surface area contributed by atoms with Gasteiger partial charge >= 0.3 is 0 Å². The highest BCUT2D eigenvalue weighted by molar-refractivity contribution is 5.88. The van der Waals surface area contributed by atoms with Crippen LogP contribution in [0.1, 0.15) is 30.5 Å². The number of nitrogens with zero attached hydrogens (tertiary/aromatic N) is 3. The van der Waals surface area contributed by atoms with E-state index >= 15 is 0 Å². The highest BCUT2D eigenvalue weighted by atomic mass is 16.5. The van der Waals surface area contributed by atoms with E-state index in [0.29, 0.717) is 11.7 Å². The minimum Gasteiger partial charge on any atom is -0.381 e. The molecule has 4 rings (SSSR count). The van der Waals surface area contributed by atoms with E-state index < -0.39 is 0 Å². The van der Waals surface area contributed by atoms with Crippen molar-refractivity contribution >= 4 is 23.2 Å². The minimum atomic E-state index is -0.117. The van der Waals surface area contributed by atoms with Crippen molar-refractivity contribution in [1.82, 2.24) is 9.97 Å². The third-order valence-corrected chi connectivity index (χ3v) is 4.54. The molecule has 2 aliphatic rings. The molecule has 0 aliphatic carbocycles. The summed E-state index contributed by atoms with van der Waals surface area (Å²) in [7, 11) is 0. The van der Waals surface area contributed by atoms with Crippen LogP contribution < -0.4 is 10.2 Å². The molecule has 6 heteroatoms. The Balaban J connectivity index is 1.65. The molecule has 4 heterocycles. The Labute approximate surface area is 140 Å². The fourth-order valence-corrected chi connectivity index (χ4v) is 3.34. The molecule has 0 spiro atoms. The zero-order valence-electron chi connectivity index (χ0n) is 13.7. The largest absolute Gasteiger partial charge is 0.381 e. The lowest BCUT2D eigenvalue weighted by Gasteiger charge is -2.20. The number of hydrogen-bond acceptors (Lipinski definition) is 5. The molecule has 2 aromatic rings. The maximum absolute atomic E-state index is 11.3. The first kappa shape index (κ1) is 15.1. The molecule has 6 nitrogen and oxygen atoms in total. The number of nitrogens with one attached hydrogen (secondary N) is 1. The van der Waals surface area contributed by atoms with Gasteiger partial charge in [-0.25, -0.2) is 9.97 Å².